The monoisotopic (exact) mass is 259 g/mol. The fourth-order valence-corrected chi connectivity index (χ4v) is 1.67. The number of ether oxygens (including phenoxy) is 1. The Bertz CT molecular complexity index is 550. The Hall–Kier alpha value is -1.76. The smallest absolute Gasteiger partial charge is 0.410 e. The van der Waals surface area contributed by atoms with E-state index in [-0.39, 0.29) is 11.6 Å². The molecule has 0 saturated carbocycles. The molecule has 0 radical (unpaired) electrons. The van der Waals surface area contributed by atoms with Crippen LogP contribution in [-0.2, 0) is 11.3 Å². The van der Waals surface area contributed by atoms with E-state index in [2.05, 4.69) is 4.98 Å². The van der Waals surface area contributed by atoms with Crippen LogP contribution >= 0.6 is 11.6 Å². The Morgan fingerprint density at radius 2 is 2.12 bits per heavy atom. The maximum atomic E-state index is 11.4. The lowest BCUT2D eigenvalue weighted by Crippen LogP contribution is -2.34. The lowest BCUT2D eigenvalue weighted by Gasteiger charge is -2.13. The Balaban J connectivity index is 2.09. The normalized spacial score (nSPS) is 15.1. The molecular weight excluding hydrogens is 250 g/mol. The summed E-state index contributed by atoms with van der Waals surface area (Å²) in [7, 11) is 0. The second kappa shape index (κ2) is 4.62. The van der Waals surface area contributed by atoms with Crippen LogP contribution in [0.4, 0.5) is 4.79 Å². The molecule has 0 atom stereocenters. The minimum absolute atomic E-state index is 0.0615. The summed E-state index contributed by atoms with van der Waals surface area (Å²) in [6, 6.07) is 0. The van der Waals surface area contributed by atoms with Crippen LogP contribution in [0, 0.1) is 0 Å². The summed E-state index contributed by atoms with van der Waals surface area (Å²) >= 11 is 5.60. The third-order valence-corrected chi connectivity index (χ3v) is 2.69. The summed E-state index contributed by atoms with van der Waals surface area (Å²) in [4.78, 5) is 37.1. The van der Waals surface area contributed by atoms with E-state index in [4.69, 9.17) is 16.3 Å². The van der Waals surface area contributed by atoms with Gasteiger partial charge >= 0.3 is 11.8 Å². The van der Waals surface area contributed by atoms with Crippen molar-refractivity contribution in [3.63, 3.8) is 0 Å². The van der Waals surface area contributed by atoms with Crippen molar-refractivity contribution >= 4 is 17.7 Å². The van der Waals surface area contributed by atoms with Gasteiger partial charge in [0.25, 0.3) is 5.56 Å². The van der Waals surface area contributed by atoms with Crippen molar-refractivity contribution in [2.45, 2.75) is 6.54 Å². The third kappa shape index (κ3) is 2.50. The van der Waals surface area contributed by atoms with Crippen LogP contribution in [0.25, 0.3) is 0 Å². The van der Waals surface area contributed by atoms with Crippen molar-refractivity contribution in [3.8, 4) is 0 Å². The van der Waals surface area contributed by atoms with Crippen LogP contribution in [0.1, 0.15) is 0 Å². The zero-order valence-corrected chi connectivity index (χ0v) is 9.57. The van der Waals surface area contributed by atoms with Gasteiger partial charge in [0.05, 0.1) is 6.54 Å². The molecule has 8 heteroatoms. The highest BCUT2D eigenvalue weighted by Crippen LogP contribution is 2.03. The SMILES string of the molecule is O=C1OCCN1CCn1cc(Cl)c(=O)[nH]c1=O. The fraction of sp³-hybridized carbons (Fsp3) is 0.444. The molecule has 1 aromatic heterocycles. The number of H-pyrrole nitrogens is 1. The predicted molar refractivity (Wildman–Crippen MR) is 59.3 cm³/mol. The first kappa shape index (κ1) is 11.7. The molecule has 0 aliphatic carbocycles. The van der Waals surface area contributed by atoms with Gasteiger partial charge in [-0.05, 0) is 0 Å². The number of nitrogens with zero attached hydrogens (tertiary/aromatic N) is 2. The van der Waals surface area contributed by atoms with Crippen LogP contribution in [0.5, 0.6) is 0 Å². The predicted octanol–water partition coefficient (Wildman–Crippen LogP) is -0.358. The highest BCUT2D eigenvalue weighted by molar-refractivity contribution is 6.30. The van der Waals surface area contributed by atoms with E-state index in [1.165, 1.54) is 15.7 Å². The van der Waals surface area contributed by atoms with Gasteiger partial charge in [-0.1, -0.05) is 11.6 Å². The molecule has 2 heterocycles. The van der Waals surface area contributed by atoms with E-state index < -0.39 is 17.3 Å². The molecule has 0 unspecified atom stereocenters. The Morgan fingerprint density at radius 1 is 1.35 bits per heavy atom. The number of carbonyl (C=O) groups is 1. The van der Waals surface area contributed by atoms with E-state index in [1.54, 1.807) is 0 Å². The van der Waals surface area contributed by atoms with Crippen molar-refractivity contribution in [2.75, 3.05) is 19.7 Å². The number of rotatable bonds is 3. The molecule has 0 bridgehead atoms. The van der Waals surface area contributed by atoms with Crippen molar-refractivity contribution < 1.29 is 9.53 Å². The number of hydrogen-bond donors (Lipinski definition) is 1. The fourth-order valence-electron chi connectivity index (χ4n) is 1.51. The Kier molecular flexibility index (Phi) is 3.19. The Morgan fingerprint density at radius 3 is 2.76 bits per heavy atom. The van der Waals surface area contributed by atoms with E-state index in [0.717, 1.165) is 0 Å². The number of halogens is 1. The van der Waals surface area contributed by atoms with Crippen LogP contribution < -0.4 is 11.2 Å². The molecule has 7 nitrogen and oxygen atoms in total. The first-order valence-electron chi connectivity index (χ1n) is 4.99. The first-order valence-corrected chi connectivity index (χ1v) is 5.36. The van der Waals surface area contributed by atoms with Gasteiger partial charge in [0.2, 0.25) is 0 Å². The third-order valence-electron chi connectivity index (χ3n) is 2.42. The number of aromatic amines is 1. The van der Waals surface area contributed by atoms with Crippen molar-refractivity contribution in [2.24, 2.45) is 0 Å². The van der Waals surface area contributed by atoms with Crippen LogP contribution in [0.2, 0.25) is 5.02 Å². The quantitative estimate of drug-likeness (QED) is 0.804. The average Bonchev–Trinajstić information content (AvgIpc) is 2.68. The largest absolute Gasteiger partial charge is 0.448 e. The lowest BCUT2D eigenvalue weighted by atomic mass is 10.5. The van der Waals surface area contributed by atoms with Crippen LogP contribution in [-0.4, -0.2) is 40.2 Å². The summed E-state index contributed by atoms with van der Waals surface area (Å²) in [5.41, 5.74) is -1.17. The maximum absolute atomic E-state index is 11.4. The molecule has 17 heavy (non-hydrogen) atoms. The van der Waals surface area contributed by atoms with Gasteiger partial charge in [-0.15, -0.1) is 0 Å². The first-order chi connectivity index (χ1) is 8.08. The van der Waals surface area contributed by atoms with E-state index in [9.17, 15) is 14.4 Å². The standard InChI is InChI=1S/C9H10ClN3O4/c10-6-5-13(8(15)11-7(6)14)2-1-12-3-4-17-9(12)16/h5H,1-4H2,(H,11,14,15). The summed E-state index contributed by atoms with van der Waals surface area (Å²) in [5.74, 6) is 0. The highest BCUT2D eigenvalue weighted by atomic mass is 35.5. The van der Waals surface area contributed by atoms with Gasteiger partial charge in [0.1, 0.15) is 11.6 Å². The van der Waals surface area contributed by atoms with E-state index in [0.29, 0.717) is 19.7 Å². The highest BCUT2D eigenvalue weighted by Gasteiger charge is 2.21. The van der Waals surface area contributed by atoms with Crippen LogP contribution in [0.15, 0.2) is 15.8 Å². The van der Waals surface area contributed by atoms with Crippen molar-refractivity contribution in [3.05, 3.63) is 32.1 Å². The molecule has 1 aromatic rings. The molecule has 1 amide bonds. The van der Waals surface area contributed by atoms with Gasteiger partial charge in [0, 0.05) is 19.3 Å². The molecule has 1 N–H and O–H groups in total. The molecule has 1 saturated heterocycles. The zero-order valence-electron chi connectivity index (χ0n) is 8.81. The molecular formula is C9H10ClN3O4. The molecule has 1 fully saturated rings. The molecule has 0 spiro atoms. The van der Waals surface area contributed by atoms with Crippen molar-refractivity contribution in [1.29, 1.82) is 0 Å². The molecule has 92 valence electrons. The van der Waals surface area contributed by atoms with Gasteiger partial charge in [-0.3, -0.25) is 14.3 Å². The summed E-state index contributed by atoms with van der Waals surface area (Å²) in [6.45, 7) is 1.45. The lowest BCUT2D eigenvalue weighted by molar-refractivity contribution is 0.157. The van der Waals surface area contributed by atoms with Gasteiger partial charge in [-0.2, -0.15) is 0 Å². The number of cyclic esters (lactones) is 1. The number of nitrogens with one attached hydrogen (secondary N) is 1. The Labute approximate surface area is 101 Å². The average molecular weight is 260 g/mol. The molecule has 1 aliphatic rings. The topological polar surface area (TPSA) is 84.4 Å². The number of carbonyl (C=O) groups excluding carboxylic acids is 1. The number of aromatic nitrogens is 2. The zero-order chi connectivity index (χ0) is 12.4. The van der Waals surface area contributed by atoms with Gasteiger partial charge in [-0.25, -0.2) is 9.59 Å². The van der Waals surface area contributed by atoms with E-state index in [1.807, 2.05) is 0 Å². The molecule has 0 aromatic carbocycles. The summed E-state index contributed by atoms with van der Waals surface area (Å²) < 4.78 is 5.99. The molecule has 2 rings (SSSR count). The number of hydrogen-bond acceptors (Lipinski definition) is 4. The second-order valence-corrected chi connectivity index (χ2v) is 3.94. The van der Waals surface area contributed by atoms with Crippen molar-refractivity contribution in [1.82, 2.24) is 14.5 Å². The minimum atomic E-state index is -0.617. The van der Waals surface area contributed by atoms with E-state index >= 15 is 0 Å². The van der Waals surface area contributed by atoms with Gasteiger partial charge < -0.3 is 9.64 Å². The maximum Gasteiger partial charge on any atom is 0.410 e. The number of amides is 1. The summed E-state index contributed by atoms with van der Waals surface area (Å²) in [5, 5.41) is -0.0615. The second-order valence-electron chi connectivity index (χ2n) is 3.53. The summed E-state index contributed by atoms with van der Waals surface area (Å²) in [6.07, 6.45) is 0.859. The minimum Gasteiger partial charge on any atom is -0.448 e. The van der Waals surface area contributed by atoms with Gasteiger partial charge in [0.15, 0.2) is 0 Å². The van der Waals surface area contributed by atoms with Crippen LogP contribution in [0.3, 0.4) is 0 Å². The molecule has 1 aliphatic heterocycles.